The summed E-state index contributed by atoms with van der Waals surface area (Å²) in [5.41, 5.74) is 3.11. The molecule has 0 spiro atoms. The van der Waals surface area contributed by atoms with E-state index in [9.17, 15) is 23.3 Å². The molecule has 206 valence electrons. The average molecular weight is 589 g/mol. The maximum absolute atomic E-state index is 13.5. The average Bonchev–Trinajstić information content (AvgIpc) is 3.38. The van der Waals surface area contributed by atoms with Crippen LogP contribution < -0.4 is 0 Å². The fraction of sp³-hybridized carbons (Fsp3) is 0.370. The number of carbonyl (C=O) groups is 1. The number of aryl methyl sites for hydroxylation is 1. The molecular weight excluding hydrogens is 560 g/mol. The van der Waals surface area contributed by atoms with Crippen LogP contribution in [-0.2, 0) is 21.2 Å². The van der Waals surface area contributed by atoms with Gasteiger partial charge in [0.1, 0.15) is 5.02 Å². The number of sulfonamides is 1. The van der Waals surface area contributed by atoms with E-state index in [1.54, 1.807) is 23.2 Å². The van der Waals surface area contributed by atoms with Crippen molar-refractivity contribution >= 4 is 44.6 Å². The first-order valence-corrected chi connectivity index (χ1v) is 15.4. The maximum atomic E-state index is 13.5. The third-order valence-corrected chi connectivity index (χ3v) is 10.8. The van der Waals surface area contributed by atoms with Gasteiger partial charge in [-0.15, -0.1) is 11.3 Å². The zero-order chi connectivity index (χ0) is 27.9. The van der Waals surface area contributed by atoms with Gasteiger partial charge in [-0.1, -0.05) is 41.4 Å². The largest absolute Gasteiger partial charge is 0.339 e. The lowest BCUT2D eigenvalue weighted by Crippen LogP contribution is -2.57. The first kappa shape index (κ1) is 27.7. The van der Waals surface area contributed by atoms with Gasteiger partial charge in [-0.25, -0.2) is 8.42 Å². The fourth-order valence-electron chi connectivity index (χ4n) is 5.40. The smallest absolute Gasteiger partial charge is 0.289 e. The summed E-state index contributed by atoms with van der Waals surface area (Å²) in [7, 11) is -4.01. The fourth-order valence-corrected chi connectivity index (χ4v) is 8.13. The molecule has 0 saturated carbocycles. The number of hydrogen-bond donors (Lipinski definition) is 0. The molecule has 2 aromatic carbocycles. The van der Waals surface area contributed by atoms with E-state index in [0.29, 0.717) is 0 Å². The zero-order valence-corrected chi connectivity index (χ0v) is 24.0. The van der Waals surface area contributed by atoms with Crippen LogP contribution in [0, 0.1) is 17.0 Å². The number of nitrogens with zero attached hydrogens (tertiary/aromatic N) is 4. The molecular formula is C27H29ClN4O5S2. The van der Waals surface area contributed by atoms with Gasteiger partial charge in [0, 0.05) is 43.2 Å². The van der Waals surface area contributed by atoms with Gasteiger partial charge in [0.15, 0.2) is 0 Å². The number of nitro benzene ring substituents is 1. The Morgan fingerprint density at radius 1 is 1.13 bits per heavy atom. The first-order valence-electron chi connectivity index (χ1n) is 12.7. The van der Waals surface area contributed by atoms with Crippen molar-refractivity contribution in [1.29, 1.82) is 0 Å². The predicted molar refractivity (Wildman–Crippen MR) is 151 cm³/mol. The van der Waals surface area contributed by atoms with E-state index in [1.807, 2.05) is 0 Å². The van der Waals surface area contributed by atoms with Gasteiger partial charge in [-0.3, -0.25) is 19.8 Å². The number of halogens is 1. The lowest BCUT2D eigenvalue weighted by atomic mass is 9.92. The molecule has 3 heterocycles. The van der Waals surface area contributed by atoms with Gasteiger partial charge >= 0.3 is 0 Å². The second-order valence-corrected chi connectivity index (χ2v) is 13.3. The van der Waals surface area contributed by atoms with Gasteiger partial charge in [-0.05, 0) is 55.0 Å². The zero-order valence-electron chi connectivity index (χ0n) is 21.6. The molecule has 0 bridgehead atoms. The van der Waals surface area contributed by atoms with E-state index in [4.69, 9.17) is 11.6 Å². The van der Waals surface area contributed by atoms with Gasteiger partial charge in [0.2, 0.25) is 15.9 Å². The summed E-state index contributed by atoms with van der Waals surface area (Å²) in [4.78, 5) is 29.2. The van der Waals surface area contributed by atoms with Crippen LogP contribution >= 0.6 is 22.9 Å². The summed E-state index contributed by atoms with van der Waals surface area (Å²) in [6, 6.07) is 13.5. The van der Waals surface area contributed by atoms with Gasteiger partial charge in [-0.2, -0.15) is 4.31 Å². The number of nitro groups is 1. The highest BCUT2D eigenvalue weighted by Crippen LogP contribution is 2.38. The Morgan fingerprint density at radius 3 is 2.56 bits per heavy atom. The van der Waals surface area contributed by atoms with Crippen LogP contribution in [0.15, 0.2) is 58.8 Å². The Hall–Kier alpha value is -2.83. The molecule has 39 heavy (non-hydrogen) atoms. The Labute approximate surface area is 236 Å². The number of carbonyl (C=O) groups excluding carboxylic acids is 1. The van der Waals surface area contributed by atoms with E-state index in [1.165, 1.54) is 32.4 Å². The molecule has 12 heteroatoms. The molecule has 0 N–H and O–H groups in total. The van der Waals surface area contributed by atoms with E-state index in [0.717, 1.165) is 24.6 Å². The van der Waals surface area contributed by atoms with Crippen LogP contribution in [0.2, 0.25) is 5.02 Å². The van der Waals surface area contributed by atoms with E-state index < -0.39 is 26.7 Å². The normalized spacial score (nSPS) is 20.5. The quantitative estimate of drug-likeness (QED) is 0.310. The van der Waals surface area contributed by atoms with Crippen molar-refractivity contribution in [3.63, 3.8) is 0 Å². The molecule has 0 unspecified atom stereocenters. The van der Waals surface area contributed by atoms with Crippen molar-refractivity contribution < 1.29 is 18.1 Å². The number of thiophene rings is 1. The minimum absolute atomic E-state index is 0.00987. The second kappa shape index (κ2) is 11.0. The molecule has 1 amide bonds. The summed E-state index contributed by atoms with van der Waals surface area (Å²) in [6.07, 6.45) is 0.887. The highest BCUT2D eigenvalue weighted by Gasteiger charge is 2.37. The Bertz CT molecular complexity index is 1510. The Morgan fingerprint density at radius 2 is 1.87 bits per heavy atom. The number of amides is 1. The molecule has 3 aromatic rings. The van der Waals surface area contributed by atoms with Gasteiger partial charge in [0.05, 0.1) is 22.4 Å². The molecule has 2 aliphatic rings. The third kappa shape index (κ3) is 5.46. The molecule has 1 aromatic heterocycles. The highest BCUT2D eigenvalue weighted by atomic mass is 35.5. The topological polar surface area (TPSA) is 104 Å². The van der Waals surface area contributed by atoms with Crippen molar-refractivity contribution in [3.8, 4) is 0 Å². The van der Waals surface area contributed by atoms with Crippen LogP contribution in [0.5, 0.6) is 0 Å². The van der Waals surface area contributed by atoms with Gasteiger partial charge < -0.3 is 4.90 Å². The standard InChI is InChI=1S/C27H29ClN4O5S2/c1-18-3-5-20(6-4-18)27-22-10-14-38-25(22)9-11-30(27)17-26(33)29-12-13-31(19(2)16-29)39(36,37)21-7-8-23(28)24(15-21)32(34)35/h3-8,10,14-15,19,27H,9,11-13,16-17H2,1-2H3/t19-,27+/m0/s1. The molecule has 5 rings (SSSR count). The Kier molecular flexibility index (Phi) is 7.80. The number of hydrogen-bond acceptors (Lipinski definition) is 7. The predicted octanol–water partition coefficient (Wildman–Crippen LogP) is 4.49. The molecule has 0 aliphatic carbocycles. The van der Waals surface area contributed by atoms with Crippen molar-refractivity contribution in [3.05, 3.63) is 90.6 Å². The third-order valence-electron chi connectivity index (χ3n) is 7.44. The second-order valence-electron chi connectivity index (χ2n) is 10.0. The number of piperazine rings is 1. The maximum Gasteiger partial charge on any atom is 0.289 e. The van der Waals surface area contributed by atoms with E-state index in [2.05, 4.69) is 47.5 Å². The summed E-state index contributed by atoms with van der Waals surface area (Å²) in [5, 5.41) is 13.2. The molecule has 2 atom stereocenters. The van der Waals surface area contributed by atoms with Crippen LogP contribution in [0.3, 0.4) is 0 Å². The van der Waals surface area contributed by atoms with E-state index in [-0.39, 0.29) is 48.0 Å². The van der Waals surface area contributed by atoms with Gasteiger partial charge in [0.25, 0.3) is 5.69 Å². The minimum atomic E-state index is -4.01. The van der Waals surface area contributed by atoms with Crippen LogP contribution in [0.1, 0.15) is 34.5 Å². The summed E-state index contributed by atoms with van der Waals surface area (Å²) in [6.45, 7) is 5.37. The number of rotatable bonds is 6. The molecule has 1 saturated heterocycles. The van der Waals surface area contributed by atoms with Crippen molar-refractivity contribution in [2.75, 3.05) is 32.7 Å². The molecule has 0 radical (unpaired) electrons. The summed E-state index contributed by atoms with van der Waals surface area (Å²) >= 11 is 7.62. The highest BCUT2D eigenvalue weighted by molar-refractivity contribution is 7.89. The molecule has 9 nitrogen and oxygen atoms in total. The van der Waals surface area contributed by atoms with Crippen molar-refractivity contribution in [1.82, 2.24) is 14.1 Å². The number of benzene rings is 2. The molecule has 1 fully saturated rings. The van der Waals surface area contributed by atoms with Crippen LogP contribution in [0.4, 0.5) is 5.69 Å². The SMILES string of the molecule is Cc1ccc([C@@H]2c3ccsc3CCN2CC(=O)N2CCN(S(=O)(=O)c3ccc(Cl)c([N+](=O)[O-])c3)[C@@H](C)C2)cc1. The van der Waals surface area contributed by atoms with E-state index >= 15 is 0 Å². The monoisotopic (exact) mass is 588 g/mol. The summed E-state index contributed by atoms with van der Waals surface area (Å²) in [5.74, 6) is -0.0446. The van der Waals surface area contributed by atoms with Crippen molar-refractivity contribution in [2.24, 2.45) is 0 Å². The first-order chi connectivity index (χ1) is 18.6. The van der Waals surface area contributed by atoms with Crippen LogP contribution in [-0.4, -0.2) is 72.1 Å². The Balaban J connectivity index is 1.30. The minimum Gasteiger partial charge on any atom is -0.339 e. The van der Waals surface area contributed by atoms with Crippen LogP contribution in [0.25, 0.3) is 0 Å². The number of fused-ring (bicyclic) bond motifs is 1. The molecule has 2 aliphatic heterocycles. The lowest BCUT2D eigenvalue weighted by molar-refractivity contribution is -0.384. The van der Waals surface area contributed by atoms with Crippen molar-refractivity contribution in [2.45, 2.75) is 37.2 Å². The lowest BCUT2D eigenvalue weighted by Gasteiger charge is -2.41. The summed E-state index contributed by atoms with van der Waals surface area (Å²) < 4.78 is 28.0.